The van der Waals surface area contributed by atoms with E-state index in [0.29, 0.717) is 0 Å². The normalized spacial score (nSPS) is 16.3. The van der Waals surface area contributed by atoms with E-state index in [-0.39, 0.29) is 36.3 Å². The van der Waals surface area contributed by atoms with Crippen molar-refractivity contribution in [3.8, 4) is 6.07 Å². The Bertz CT molecular complexity index is 1040. The number of carbonyl (C=O) groups excluding carboxylic acids is 1. The van der Waals surface area contributed by atoms with Crippen molar-refractivity contribution in [2.75, 3.05) is 11.5 Å². The van der Waals surface area contributed by atoms with E-state index in [1.165, 1.54) is 21.8 Å². The van der Waals surface area contributed by atoms with Crippen molar-refractivity contribution in [1.29, 1.82) is 5.26 Å². The van der Waals surface area contributed by atoms with Crippen molar-refractivity contribution in [1.82, 2.24) is 25.1 Å². The number of tetrazole rings is 1. The number of carbonyl (C=O) groups is 1. The second-order valence-corrected chi connectivity index (χ2v) is 7.30. The summed E-state index contributed by atoms with van der Waals surface area (Å²) in [6, 6.07) is 4.49. The van der Waals surface area contributed by atoms with Crippen LogP contribution in [0.5, 0.6) is 0 Å². The standard InChI is InChI=1S/C17H16F3N7O2S/c1-16(2)14(29)27(11-4-3-10(8-21)12(7-11)17(18,19)20)15(30)25(16)9-13-22-24-26(23-13)5-6-28/h3-4,7,28H,5-6,9H2,1-2H3. The van der Waals surface area contributed by atoms with Crippen LogP contribution < -0.4 is 4.90 Å². The average molecular weight is 439 g/mol. The molecule has 2 heterocycles. The predicted octanol–water partition coefficient (Wildman–Crippen LogP) is 1.47. The van der Waals surface area contributed by atoms with E-state index in [9.17, 15) is 18.0 Å². The van der Waals surface area contributed by atoms with E-state index in [1.807, 2.05) is 0 Å². The molecule has 0 radical (unpaired) electrons. The van der Waals surface area contributed by atoms with Gasteiger partial charge in [0.1, 0.15) is 5.54 Å². The van der Waals surface area contributed by atoms with Crippen LogP contribution in [0.1, 0.15) is 30.8 Å². The molecule has 1 aliphatic rings. The molecule has 30 heavy (non-hydrogen) atoms. The fourth-order valence-electron chi connectivity index (χ4n) is 3.00. The fraction of sp³-hybridized carbons (Fsp3) is 0.412. The molecule has 1 aliphatic heterocycles. The van der Waals surface area contributed by atoms with Crippen LogP contribution in [0.3, 0.4) is 0 Å². The average Bonchev–Trinajstić information content (AvgIpc) is 3.18. The summed E-state index contributed by atoms with van der Waals surface area (Å²) in [7, 11) is 0. The number of aliphatic hydroxyl groups excluding tert-OH is 1. The van der Waals surface area contributed by atoms with Crippen LogP contribution in [0.25, 0.3) is 0 Å². The quantitative estimate of drug-likeness (QED) is 0.698. The Balaban J connectivity index is 1.96. The van der Waals surface area contributed by atoms with E-state index < -0.39 is 28.7 Å². The third-order valence-corrected chi connectivity index (χ3v) is 5.01. The first kappa shape index (κ1) is 21.6. The Kier molecular flexibility index (Phi) is 5.48. The van der Waals surface area contributed by atoms with E-state index in [2.05, 4.69) is 15.4 Å². The number of rotatable bonds is 5. The van der Waals surface area contributed by atoms with Crippen molar-refractivity contribution >= 4 is 28.9 Å². The molecule has 158 valence electrons. The number of thiocarbonyl (C=S) groups is 1. The summed E-state index contributed by atoms with van der Waals surface area (Å²) < 4.78 is 40.0. The molecule has 1 aromatic carbocycles. The zero-order chi connectivity index (χ0) is 22.3. The van der Waals surface area contributed by atoms with Crippen molar-refractivity contribution < 1.29 is 23.1 Å². The summed E-state index contributed by atoms with van der Waals surface area (Å²) >= 11 is 5.39. The highest BCUT2D eigenvalue weighted by atomic mass is 32.1. The number of nitrogens with zero attached hydrogens (tertiary/aromatic N) is 7. The largest absolute Gasteiger partial charge is 0.417 e. The predicted molar refractivity (Wildman–Crippen MR) is 101 cm³/mol. The minimum Gasteiger partial charge on any atom is -0.394 e. The highest BCUT2D eigenvalue weighted by molar-refractivity contribution is 7.80. The Morgan fingerprint density at radius 3 is 2.63 bits per heavy atom. The Morgan fingerprint density at radius 2 is 2.03 bits per heavy atom. The third-order valence-electron chi connectivity index (χ3n) is 4.60. The van der Waals surface area contributed by atoms with Gasteiger partial charge in [0, 0.05) is 0 Å². The van der Waals surface area contributed by atoms with Gasteiger partial charge in [-0.15, -0.1) is 10.2 Å². The highest BCUT2D eigenvalue weighted by Crippen LogP contribution is 2.38. The van der Waals surface area contributed by atoms with E-state index in [0.717, 1.165) is 17.0 Å². The van der Waals surface area contributed by atoms with Crippen LogP contribution in [0.2, 0.25) is 0 Å². The minimum atomic E-state index is -4.77. The maximum atomic E-state index is 13.3. The van der Waals surface area contributed by atoms with Gasteiger partial charge in [-0.05, 0) is 49.5 Å². The SMILES string of the molecule is CC1(C)C(=O)N(c2ccc(C#N)c(C(F)(F)F)c2)C(=S)N1Cc1nnn(CCO)n1. The first-order valence-electron chi connectivity index (χ1n) is 8.65. The minimum absolute atomic E-state index is 0.0120. The molecule has 0 atom stereocenters. The van der Waals surface area contributed by atoms with Crippen molar-refractivity contribution in [2.45, 2.75) is 38.7 Å². The zero-order valence-electron chi connectivity index (χ0n) is 15.9. The number of alkyl halides is 3. The number of aromatic nitrogens is 4. The van der Waals surface area contributed by atoms with E-state index >= 15 is 0 Å². The highest BCUT2D eigenvalue weighted by Gasteiger charge is 2.50. The van der Waals surface area contributed by atoms with Crippen molar-refractivity contribution in [3.63, 3.8) is 0 Å². The number of amides is 1. The van der Waals surface area contributed by atoms with Gasteiger partial charge in [0.05, 0.1) is 42.6 Å². The number of nitriles is 1. The lowest BCUT2D eigenvalue weighted by molar-refractivity contribution is -0.137. The lowest BCUT2D eigenvalue weighted by Crippen LogP contribution is -2.43. The molecular formula is C17H16F3N7O2S. The molecule has 0 spiro atoms. The van der Waals surface area contributed by atoms with Gasteiger partial charge in [-0.25, -0.2) is 0 Å². The fourth-order valence-corrected chi connectivity index (χ4v) is 3.48. The van der Waals surface area contributed by atoms with Crippen LogP contribution in [0.15, 0.2) is 18.2 Å². The van der Waals surface area contributed by atoms with Crippen LogP contribution in [0, 0.1) is 11.3 Å². The molecule has 1 N–H and O–H groups in total. The number of halogens is 3. The second-order valence-electron chi connectivity index (χ2n) is 6.93. The van der Waals surface area contributed by atoms with Gasteiger partial charge in [-0.1, -0.05) is 0 Å². The molecule has 1 amide bonds. The van der Waals surface area contributed by atoms with Crippen LogP contribution in [-0.2, 0) is 24.1 Å². The summed E-state index contributed by atoms with van der Waals surface area (Å²) in [5, 5.41) is 29.6. The van der Waals surface area contributed by atoms with Gasteiger partial charge in [0.25, 0.3) is 5.91 Å². The maximum Gasteiger partial charge on any atom is 0.417 e. The van der Waals surface area contributed by atoms with Crippen LogP contribution >= 0.6 is 12.2 Å². The molecule has 2 aromatic rings. The third kappa shape index (κ3) is 3.71. The van der Waals surface area contributed by atoms with Crippen LogP contribution in [0.4, 0.5) is 18.9 Å². The summed E-state index contributed by atoms with van der Waals surface area (Å²) in [5.74, 6) is -0.308. The molecule has 1 saturated heterocycles. The Morgan fingerprint density at radius 1 is 1.33 bits per heavy atom. The van der Waals surface area contributed by atoms with Crippen molar-refractivity contribution in [3.05, 3.63) is 35.2 Å². The second kappa shape index (κ2) is 7.62. The molecule has 0 saturated carbocycles. The molecule has 0 unspecified atom stereocenters. The summed E-state index contributed by atoms with van der Waals surface area (Å²) in [6.07, 6.45) is -4.77. The first-order chi connectivity index (χ1) is 14.0. The lowest BCUT2D eigenvalue weighted by atomic mass is 10.0. The monoisotopic (exact) mass is 439 g/mol. The van der Waals surface area contributed by atoms with Gasteiger partial charge in [0.15, 0.2) is 10.9 Å². The van der Waals surface area contributed by atoms with Gasteiger partial charge in [-0.3, -0.25) is 9.69 Å². The van der Waals surface area contributed by atoms with Gasteiger partial charge in [-0.2, -0.15) is 23.2 Å². The number of anilines is 1. The molecule has 0 bridgehead atoms. The number of hydrogen-bond acceptors (Lipinski definition) is 7. The van der Waals surface area contributed by atoms with E-state index in [1.54, 1.807) is 13.8 Å². The summed E-state index contributed by atoms with van der Waals surface area (Å²) in [6.45, 7) is 3.09. The number of benzene rings is 1. The van der Waals surface area contributed by atoms with Gasteiger partial charge < -0.3 is 10.0 Å². The molecule has 1 fully saturated rings. The Hall–Kier alpha value is -3.11. The lowest BCUT2D eigenvalue weighted by Gasteiger charge is -2.27. The first-order valence-corrected chi connectivity index (χ1v) is 9.06. The molecule has 13 heteroatoms. The van der Waals surface area contributed by atoms with Crippen LogP contribution in [-0.4, -0.2) is 53.4 Å². The Labute approximate surface area is 174 Å². The van der Waals surface area contributed by atoms with E-state index in [4.69, 9.17) is 22.6 Å². The van der Waals surface area contributed by atoms with Gasteiger partial charge in [0.2, 0.25) is 0 Å². The summed E-state index contributed by atoms with van der Waals surface area (Å²) in [4.78, 5) is 16.7. The smallest absolute Gasteiger partial charge is 0.394 e. The van der Waals surface area contributed by atoms with Gasteiger partial charge >= 0.3 is 6.18 Å². The number of aliphatic hydroxyl groups is 1. The molecule has 0 aliphatic carbocycles. The molecule has 9 nitrogen and oxygen atoms in total. The molecule has 3 rings (SSSR count). The number of hydrogen-bond donors (Lipinski definition) is 1. The topological polar surface area (TPSA) is 111 Å². The molecule has 1 aromatic heterocycles. The molecular weight excluding hydrogens is 423 g/mol. The summed E-state index contributed by atoms with van der Waals surface area (Å²) in [5.41, 5.74) is -2.98. The maximum absolute atomic E-state index is 13.3. The van der Waals surface area contributed by atoms with Crippen molar-refractivity contribution in [2.24, 2.45) is 0 Å². The zero-order valence-corrected chi connectivity index (χ0v) is 16.7.